The van der Waals surface area contributed by atoms with Gasteiger partial charge in [0.2, 0.25) is 5.91 Å². The highest BCUT2D eigenvalue weighted by molar-refractivity contribution is 6.04. The van der Waals surface area contributed by atoms with E-state index in [1.807, 2.05) is 24.3 Å². The average Bonchev–Trinajstić information content (AvgIpc) is 2.78. The predicted molar refractivity (Wildman–Crippen MR) is 115 cm³/mol. The van der Waals surface area contributed by atoms with Crippen LogP contribution in [-0.2, 0) is 11.3 Å². The fourth-order valence-corrected chi connectivity index (χ4v) is 2.85. The molecular formula is C23H24N4O3. The van der Waals surface area contributed by atoms with Gasteiger partial charge in [0.1, 0.15) is 5.75 Å². The maximum atomic E-state index is 12.3. The molecule has 2 aromatic carbocycles. The van der Waals surface area contributed by atoms with Gasteiger partial charge in [-0.15, -0.1) is 0 Å². The maximum Gasteiger partial charge on any atom is 0.255 e. The lowest BCUT2D eigenvalue weighted by molar-refractivity contribution is -0.121. The molecule has 3 aromatic rings. The molecule has 0 radical (unpaired) electrons. The van der Waals surface area contributed by atoms with Gasteiger partial charge in [0.05, 0.1) is 7.11 Å². The summed E-state index contributed by atoms with van der Waals surface area (Å²) < 4.78 is 5.12. The smallest absolute Gasteiger partial charge is 0.255 e. The van der Waals surface area contributed by atoms with Crippen LogP contribution in [-0.4, -0.2) is 23.9 Å². The Kier molecular flexibility index (Phi) is 7.13. The number of aromatic nitrogens is 1. The Morgan fingerprint density at radius 2 is 1.67 bits per heavy atom. The zero-order valence-electron chi connectivity index (χ0n) is 16.7. The number of nitrogens with zero attached hydrogens (tertiary/aromatic N) is 1. The summed E-state index contributed by atoms with van der Waals surface area (Å²) in [5, 5.41) is 5.66. The highest BCUT2D eigenvalue weighted by atomic mass is 16.5. The molecule has 2 amide bonds. The lowest BCUT2D eigenvalue weighted by Crippen LogP contribution is -2.27. The summed E-state index contributed by atoms with van der Waals surface area (Å²) in [6.07, 6.45) is 3.37. The van der Waals surface area contributed by atoms with Gasteiger partial charge in [-0.2, -0.15) is 0 Å². The van der Waals surface area contributed by atoms with Crippen LogP contribution in [0.5, 0.6) is 5.75 Å². The second kappa shape index (κ2) is 10.2. The second-order valence-corrected chi connectivity index (χ2v) is 6.75. The Balaban J connectivity index is 1.50. The second-order valence-electron chi connectivity index (χ2n) is 6.75. The Morgan fingerprint density at radius 3 is 2.30 bits per heavy atom. The molecule has 154 valence electrons. The first kappa shape index (κ1) is 21.0. The monoisotopic (exact) mass is 404 g/mol. The summed E-state index contributed by atoms with van der Waals surface area (Å²) in [6, 6.07) is 17.4. The third-order valence-electron chi connectivity index (χ3n) is 4.59. The highest BCUT2D eigenvalue weighted by Crippen LogP contribution is 2.16. The van der Waals surface area contributed by atoms with E-state index in [4.69, 9.17) is 10.5 Å². The normalized spacial score (nSPS) is 11.4. The minimum Gasteiger partial charge on any atom is -0.497 e. The van der Waals surface area contributed by atoms with Crippen LogP contribution in [0.2, 0.25) is 0 Å². The molecule has 0 aliphatic heterocycles. The molecule has 0 saturated carbocycles. The van der Waals surface area contributed by atoms with Gasteiger partial charge in [-0.1, -0.05) is 24.3 Å². The van der Waals surface area contributed by atoms with Crippen molar-refractivity contribution < 1.29 is 14.3 Å². The number of methoxy groups -OCH3 is 1. The van der Waals surface area contributed by atoms with Gasteiger partial charge in [-0.25, -0.2) is 0 Å². The zero-order valence-corrected chi connectivity index (χ0v) is 16.7. The van der Waals surface area contributed by atoms with Gasteiger partial charge in [-0.3, -0.25) is 14.6 Å². The van der Waals surface area contributed by atoms with Crippen LogP contribution in [0.25, 0.3) is 0 Å². The van der Waals surface area contributed by atoms with Crippen molar-refractivity contribution >= 4 is 17.5 Å². The fraction of sp³-hybridized carbons (Fsp3) is 0.174. The summed E-state index contributed by atoms with van der Waals surface area (Å²) in [5.41, 5.74) is 9.11. The molecule has 0 saturated heterocycles. The van der Waals surface area contributed by atoms with E-state index in [0.717, 1.165) is 16.9 Å². The Morgan fingerprint density at radius 1 is 1.00 bits per heavy atom. The lowest BCUT2D eigenvalue weighted by Gasteiger charge is -2.13. The number of amides is 2. The molecule has 7 nitrogen and oxygen atoms in total. The number of ether oxygens (including phenoxy) is 1. The van der Waals surface area contributed by atoms with Crippen molar-refractivity contribution in [2.75, 3.05) is 12.4 Å². The minimum atomic E-state index is -0.460. The molecule has 0 bridgehead atoms. The molecule has 0 spiro atoms. The van der Waals surface area contributed by atoms with E-state index in [9.17, 15) is 9.59 Å². The van der Waals surface area contributed by atoms with E-state index in [0.29, 0.717) is 17.8 Å². The standard InChI is InChI=1S/C23H24N4O3/c1-30-20-8-2-16(3-9-20)15-26-22(28)14-21(24)17-4-6-18(7-5-17)23(29)27-19-10-12-25-13-11-19/h2-13,21H,14-15,24H2,1H3,(H,26,28)(H,25,27,29). The molecule has 4 N–H and O–H groups in total. The van der Waals surface area contributed by atoms with Gasteiger partial charge >= 0.3 is 0 Å². The minimum absolute atomic E-state index is 0.141. The van der Waals surface area contributed by atoms with Crippen molar-refractivity contribution in [2.45, 2.75) is 19.0 Å². The van der Waals surface area contributed by atoms with Crippen LogP contribution >= 0.6 is 0 Å². The van der Waals surface area contributed by atoms with Crippen molar-refractivity contribution in [2.24, 2.45) is 5.73 Å². The van der Waals surface area contributed by atoms with Crippen LogP contribution in [0, 0.1) is 0 Å². The molecule has 30 heavy (non-hydrogen) atoms. The number of nitrogens with one attached hydrogen (secondary N) is 2. The van der Waals surface area contributed by atoms with Crippen LogP contribution < -0.4 is 21.1 Å². The molecule has 1 unspecified atom stereocenters. The molecule has 3 rings (SSSR count). The first-order chi connectivity index (χ1) is 14.5. The predicted octanol–water partition coefficient (Wildman–Crippen LogP) is 3.05. The van der Waals surface area contributed by atoms with Crippen LogP contribution in [0.4, 0.5) is 5.69 Å². The number of pyridine rings is 1. The topological polar surface area (TPSA) is 106 Å². The Labute approximate surface area is 175 Å². The zero-order chi connectivity index (χ0) is 21.3. The van der Waals surface area contributed by atoms with Crippen LogP contribution in [0.3, 0.4) is 0 Å². The highest BCUT2D eigenvalue weighted by Gasteiger charge is 2.13. The van der Waals surface area contributed by atoms with Crippen molar-refractivity contribution in [3.63, 3.8) is 0 Å². The molecule has 0 fully saturated rings. The van der Waals surface area contributed by atoms with Gasteiger partial charge < -0.3 is 21.1 Å². The van der Waals surface area contributed by atoms with Crippen molar-refractivity contribution in [1.82, 2.24) is 10.3 Å². The summed E-state index contributed by atoms with van der Waals surface area (Å²) in [5.74, 6) is 0.404. The van der Waals surface area contributed by atoms with Crippen molar-refractivity contribution in [3.8, 4) is 5.75 Å². The van der Waals surface area contributed by atoms with Crippen LogP contribution in [0.15, 0.2) is 73.1 Å². The quantitative estimate of drug-likeness (QED) is 0.535. The largest absolute Gasteiger partial charge is 0.497 e. The maximum absolute atomic E-state index is 12.3. The van der Waals surface area contributed by atoms with E-state index < -0.39 is 6.04 Å². The number of hydrogen-bond donors (Lipinski definition) is 3. The third kappa shape index (κ3) is 5.89. The summed E-state index contributed by atoms with van der Waals surface area (Å²) in [6.45, 7) is 0.420. The lowest BCUT2D eigenvalue weighted by atomic mass is 10.0. The Hall–Kier alpha value is -3.71. The number of anilines is 1. The van der Waals surface area contributed by atoms with E-state index in [-0.39, 0.29) is 18.2 Å². The first-order valence-corrected chi connectivity index (χ1v) is 9.51. The number of benzene rings is 2. The van der Waals surface area contributed by atoms with Crippen LogP contribution in [0.1, 0.15) is 33.9 Å². The summed E-state index contributed by atoms with van der Waals surface area (Å²) >= 11 is 0. The number of hydrogen-bond acceptors (Lipinski definition) is 5. The molecule has 1 heterocycles. The number of carbonyl (C=O) groups excluding carboxylic acids is 2. The summed E-state index contributed by atoms with van der Waals surface area (Å²) in [7, 11) is 1.61. The SMILES string of the molecule is COc1ccc(CNC(=O)CC(N)c2ccc(C(=O)Nc3ccncc3)cc2)cc1. The van der Waals surface area contributed by atoms with Gasteiger partial charge in [0.25, 0.3) is 5.91 Å². The number of carbonyl (C=O) groups is 2. The molecule has 7 heteroatoms. The molecule has 1 atom stereocenters. The first-order valence-electron chi connectivity index (χ1n) is 9.51. The number of nitrogens with two attached hydrogens (primary N) is 1. The molecule has 0 aliphatic carbocycles. The van der Waals surface area contributed by atoms with Gasteiger partial charge in [0, 0.05) is 42.7 Å². The number of rotatable bonds is 8. The van der Waals surface area contributed by atoms with E-state index in [1.54, 1.807) is 55.9 Å². The van der Waals surface area contributed by atoms with E-state index in [2.05, 4.69) is 15.6 Å². The Bertz CT molecular complexity index is 974. The van der Waals surface area contributed by atoms with E-state index >= 15 is 0 Å². The average molecular weight is 404 g/mol. The molecule has 1 aromatic heterocycles. The van der Waals surface area contributed by atoms with Gasteiger partial charge in [-0.05, 0) is 47.5 Å². The third-order valence-corrected chi connectivity index (χ3v) is 4.59. The fourth-order valence-electron chi connectivity index (χ4n) is 2.85. The summed E-state index contributed by atoms with van der Waals surface area (Å²) in [4.78, 5) is 28.4. The molecular weight excluding hydrogens is 380 g/mol. The van der Waals surface area contributed by atoms with E-state index in [1.165, 1.54) is 0 Å². The van der Waals surface area contributed by atoms with Crippen molar-refractivity contribution in [3.05, 3.63) is 89.7 Å². The molecule has 0 aliphatic rings. The van der Waals surface area contributed by atoms with Gasteiger partial charge in [0.15, 0.2) is 0 Å². The van der Waals surface area contributed by atoms with Crippen molar-refractivity contribution in [1.29, 1.82) is 0 Å².